The van der Waals surface area contributed by atoms with Gasteiger partial charge in [-0.1, -0.05) is 72.8 Å². The van der Waals surface area contributed by atoms with Gasteiger partial charge in [0, 0.05) is 25.1 Å². The van der Waals surface area contributed by atoms with E-state index in [0.717, 1.165) is 11.1 Å². The molecule has 9 nitrogen and oxygen atoms in total. The lowest BCUT2D eigenvalue weighted by molar-refractivity contribution is -0.384. The zero-order valence-corrected chi connectivity index (χ0v) is 19.9. The third-order valence-corrected chi connectivity index (χ3v) is 6.40. The van der Waals surface area contributed by atoms with E-state index in [2.05, 4.69) is 0 Å². The first-order valence-electron chi connectivity index (χ1n) is 11.3. The molecule has 0 radical (unpaired) electrons. The number of nitrogens with zero attached hydrogens (tertiary/aromatic N) is 2. The molecule has 36 heavy (non-hydrogen) atoms. The number of hydroxylamine groups is 2. The summed E-state index contributed by atoms with van der Waals surface area (Å²) in [4.78, 5) is 44.2. The van der Waals surface area contributed by atoms with Crippen LogP contribution >= 0.6 is 0 Å². The molecule has 0 unspecified atom stereocenters. The minimum atomic E-state index is -1.81. The van der Waals surface area contributed by atoms with E-state index < -0.39 is 34.4 Å². The zero-order valence-electron chi connectivity index (χ0n) is 19.9. The van der Waals surface area contributed by atoms with Gasteiger partial charge in [0.05, 0.1) is 25.2 Å². The van der Waals surface area contributed by atoms with Gasteiger partial charge in [-0.2, -0.15) is 5.06 Å². The first-order chi connectivity index (χ1) is 17.4. The summed E-state index contributed by atoms with van der Waals surface area (Å²) in [5.41, 5.74) is 0.192. The molecule has 3 aromatic carbocycles. The SMILES string of the molecule is COC(=O)C1(C(=O)OC)C[C@H](c2ccccc2)ON(Cc2ccccc2)[C@@H]1c1ccc([N+](=O)[O-])cc1. The number of hydrogen-bond acceptors (Lipinski definition) is 8. The van der Waals surface area contributed by atoms with Crippen molar-refractivity contribution in [3.05, 3.63) is 112 Å². The normalized spacial score (nSPS) is 19.3. The number of methoxy groups -OCH3 is 2. The molecule has 1 saturated heterocycles. The Morgan fingerprint density at radius 3 is 2.00 bits per heavy atom. The van der Waals surface area contributed by atoms with Crippen molar-refractivity contribution in [1.82, 2.24) is 5.06 Å². The van der Waals surface area contributed by atoms with Crippen molar-refractivity contribution in [1.29, 1.82) is 0 Å². The largest absolute Gasteiger partial charge is 0.468 e. The molecular weight excluding hydrogens is 464 g/mol. The van der Waals surface area contributed by atoms with Gasteiger partial charge in [0.15, 0.2) is 5.41 Å². The van der Waals surface area contributed by atoms with E-state index >= 15 is 0 Å². The van der Waals surface area contributed by atoms with Crippen LogP contribution in [0.2, 0.25) is 0 Å². The Bertz CT molecular complexity index is 1200. The molecule has 0 spiro atoms. The number of nitro groups is 1. The lowest BCUT2D eigenvalue weighted by atomic mass is 9.70. The summed E-state index contributed by atoms with van der Waals surface area (Å²) in [6.07, 6.45) is -0.717. The monoisotopic (exact) mass is 490 g/mol. The minimum Gasteiger partial charge on any atom is -0.468 e. The molecule has 0 amide bonds. The second-order valence-corrected chi connectivity index (χ2v) is 8.48. The van der Waals surface area contributed by atoms with Crippen LogP contribution in [0.3, 0.4) is 0 Å². The highest BCUT2D eigenvalue weighted by Gasteiger charge is 2.61. The summed E-state index contributed by atoms with van der Waals surface area (Å²) in [7, 11) is 2.43. The number of hydrogen-bond donors (Lipinski definition) is 0. The third-order valence-electron chi connectivity index (χ3n) is 6.40. The number of carbonyl (C=O) groups is 2. The lowest BCUT2D eigenvalue weighted by Gasteiger charge is -2.48. The summed E-state index contributed by atoms with van der Waals surface area (Å²) in [6.45, 7) is 0.224. The fourth-order valence-corrected chi connectivity index (χ4v) is 4.72. The Hall–Kier alpha value is -4.08. The van der Waals surface area contributed by atoms with Gasteiger partial charge in [0.25, 0.3) is 5.69 Å². The summed E-state index contributed by atoms with van der Waals surface area (Å²) in [5, 5.41) is 12.8. The second kappa shape index (κ2) is 10.7. The molecule has 2 atom stereocenters. The van der Waals surface area contributed by atoms with E-state index in [4.69, 9.17) is 14.3 Å². The number of esters is 2. The van der Waals surface area contributed by atoms with Gasteiger partial charge in [-0.15, -0.1) is 0 Å². The molecule has 1 aliphatic heterocycles. The maximum absolute atomic E-state index is 13.5. The highest BCUT2D eigenvalue weighted by Crippen LogP contribution is 2.53. The second-order valence-electron chi connectivity index (χ2n) is 8.48. The Labute approximate surface area is 208 Å². The molecule has 4 rings (SSSR count). The first-order valence-corrected chi connectivity index (χ1v) is 11.3. The van der Waals surface area contributed by atoms with E-state index in [0.29, 0.717) is 5.56 Å². The number of ether oxygens (including phenoxy) is 2. The van der Waals surface area contributed by atoms with Crippen molar-refractivity contribution in [3.63, 3.8) is 0 Å². The van der Waals surface area contributed by atoms with Crippen LogP contribution in [0.25, 0.3) is 0 Å². The highest BCUT2D eigenvalue weighted by molar-refractivity contribution is 6.01. The predicted molar refractivity (Wildman–Crippen MR) is 129 cm³/mol. The smallest absolute Gasteiger partial charge is 0.325 e. The molecule has 0 saturated carbocycles. The third kappa shape index (κ3) is 4.71. The van der Waals surface area contributed by atoms with Crippen LogP contribution in [0.5, 0.6) is 0 Å². The van der Waals surface area contributed by atoms with Gasteiger partial charge < -0.3 is 9.47 Å². The molecular formula is C27H26N2O7. The van der Waals surface area contributed by atoms with E-state index in [1.165, 1.54) is 38.5 Å². The fourth-order valence-electron chi connectivity index (χ4n) is 4.72. The van der Waals surface area contributed by atoms with Crippen LogP contribution in [0.4, 0.5) is 5.69 Å². The number of carbonyl (C=O) groups excluding carboxylic acids is 2. The van der Waals surface area contributed by atoms with Crippen LogP contribution in [-0.4, -0.2) is 36.1 Å². The number of non-ortho nitro benzene ring substituents is 1. The van der Waals surface area contributed by atoms with Crippen molar-refractivity contribution >= 4 is 17.6 Å². The number of benzene rings is 3. The summed E-state index contributed by atoms with van der Waals surface area (Å²) >= 11 is 0. The Balaban J connectivity index is 1.91. The molecule has 0 N–H and O–H groups in total. The van der Waals surface area contributed by atoms with Gasteiger partial charge in [-0.3, -0.25) is 24.5 Å². The highest BCUT2D eigenvalue weighted by atomic mass is 16.7. The van der Waals surface area contributed by atoms with Crippen molar-refractivity contribution in [2.45, 2.75) is 25.1 Å². The summed E-state index contributed by atoms with van der Waals surface area (Å²) in [5.74, 6) is -1.56. The van der Waals surface area contributed by atoms with Crippen molar-refractivity contribution < 1.29 is 28.8 Å². The number of nitro benzene ring substituents is 1. The minimum absolute atomic E-state index is 0.0523. The molecule has 0 aliphatic carbocycles. The molecule has 0 bridgehead atoms. The van der Waals surface area contributed by atoms with Crippen LogP contribution < -0.4 is 0 Å². The van der Waals surface area contributed by atoms with Gasteiger partial charge >= 0.3 is 11.9 Å². The Kier molecular flexibility index (Phi) is 7.42. The van der Waals surface area contributed by atoms with Crippen LogP contribution in [-0.2, 0) is 30.4 Å². The molecule has 0 aromatic heterocycles. The van der Waals surface area contributed by atoms with Crippen LogP contribution in [0.15, 0.2) is 84.9 Å². The van der Waals surface area contributed by atoms with Gasteiger partial charge in [0.2, 0.25) is 0 Å². The first kappa shape index (κ1) is 25.0. The van der Waals surface area contributed by atoms with Crippen molar-refractivity contribution in [3.8, 4) is 0 Å². The van der Waals surface area contributed by atoms with E-state index in [-0.39, 0.29) is 18.7 Å². The average molecular weight is 491 g/mol. The number of rotatable bonds is 7. The molecule has 3 aromatic rings. The summed E-state index contributed by atoms with van der Waals surface area (Å²) < 4.78 is 10.4. The fraction of sp³-hybridized carbons (Fsp3) is 0.259. The zero-order chi connectivity index (χ0) is 25.7. The van der Waals surface area contributed by atoms with Crippen LogP contribution in [0, 0.1) is 15.5 Å². The van der Waals surface area contributed by atoms with Crippen molar-refractivity contribution in [2.75, 3.05) is 14.2 Å². The van der Waals surface area contributed by atoms with Crippen LogP contribution in [0.1, 0.15) is 35.3 Å². The maximum atomic E-state index is 13.5. The quantitative estimate of drug-likeness (QED) is 0.205. The van der Waals surface area contributed by atoms with E-state index in [1.54, 1.807) is 5.06 Å². The van der Waals surface area contributed by atoms with Gasteiger partial charge in [-0.05, 0) is 16.7 Å². The van der Waals surface area contributed by atoms with E-state index in [1.807, 2.05) is 60.7 Å². The van der Waals surface area contributed by atoms with Gasteiger partial charge in [-0.25, -0.2) is 0 Å². The average Bonchev–Trinajstić information content (AvgIpc) is 2.92. The Morgan fingerprint density at radius 1 is 0.917 bits per heavy atom. The molecule has 1 aliphatic rings. The molecule has 1 heterocycles. The molecule has 186 valence electrons. The molecule has 9 heteroatoms. The standard InChI is InChI=1S/C27H26N2O7/c1-34-25(30)27(26(31)35-2)17-23(20-11-7-4-8-12-20)36-28(18-19-9-5-3-6-10-19)24(27)21-13-15-22(16-14-21)29(32)33/h3-16,23-24H,17-18H2,1-2H3/t23-,24-/m1/s1. The van der Waals surface area contributed by atoms with Crippen molar-refractivity contribution in [2.24, 2.45) is 5.41 Å². The Morgan fingerprint density at radius 2 is 1.47 bits per heavy atom. The van der Waals surface area contributed by atoms with E-state index in [9.17, 15) is 19.7 Å². The van der Waals surface area contributed by atoms with Gasteiger partial charge in [0.1, 0.15) is 6.10 Å². The molecule has 1 fully saturated rings. The lowest BCUT2D eigenvalue weighted by Crippen LogP contribution is -2.56. The summed E-state index contributed by atoms with van der Waals surface area (Å²) in [6, 6.07) is 23.4. The maximum Gasteiger partial charge on any atom is 0.325 e. The topological polar surface area (TPSA) is 108 Å². The predicted octanol–water partition coefficient (Wildman–Crippen LogP) is 4.55.